The Kier molecular flexibility index (Phi) is 7.43. The molecule has 2 aromatic carbocycles. The lowest BCUT2D eigenvalue weighted by atomic mass is 9.98. The maximum absolute atomic E-state index is 12.4. The quantitative estimate of drug-likeness (QED) is 0.476. The molecule has 7 nitrogen and oxygen atoms in total. The van der Waals surface area contributed by atoms with Crippen molar-refractivity contribution in [2.24, 2.45) is 5.73 Å². The minimum Gasteiger partial charge on any atom is -0.463 e. The van der Waals surface area contributed by atoms with E-state index in [2.05, 4.69) is 17.4 Å². The molecular weight excluding hydrogens is 396 g/mol. The number of esters is 1. The highest BCUT2D eigenvalue weighted by atomic mass is 16.5. The highest BCUT2D eigenvalue weighted by molar-refractivity contribution is 5.82. The van der Waals surface area contributed by atoms with E-state index in [1.54, 1.807) is 6.92 Å². The van der Waals surface area contributed by atoms with Gasteiger partial charge in [0.2, 0.25) is 5.91 Å². The minimum atomic E-state index is -0.634. The molecule has 162 valence electrons. The van der Waals surface area contributed by atoms with Gasteiger partial charge in [-0.15, -0.1) is 0 Å². The second kappa shape index (κ2) is 10.4. The van der Waals surface area contributed by atoms with E-state index >= 15 is 0 Å². The number of rotatable bonds is 9. The van der Waals surface area contributed by atoms with Gasteiger partial charge in [-0.2, -0.15) is 0 Å². The van der Waals surface area contributed by atoms with Crippen LogP contribution in [0.25, 0.3) is 11.1 Å². The topological polar surface area (TPSA) is 108 Å². The maximum atomic E-state index is 12.4. The SMILES string of the molecule is CCOC(=O)/C=C/[C@H](CCC(N)=O)NC(=O)OCC1c2ccccc2-c2ccccc21. The molecule has 0 unspecified atom stereocenters. The number of ether oxygens (including phenoxy) is 2. The first-order chi connectivity index (χ1) is 15.0. The molecule has 31 heavy (non-hydrogen) atoms. The summed E-state index contributed by atoms with van der Waals surface area (Å²) < 4.78 is 10.4. The lowest BCUT2D eigenvalue weighted by molar-refractivity contribution is -0.137. The number of nitrogens with two attached hydrogens (primary N) is 1. The van der Waals surface area contributed by atoms with Crippen LogP contribution >= 0.6 is 0 Å². The Labute approximate surface area is 181 Å². The first-order valence-corrected chi connectivity index (χ1v) is 10.2. The molecule has 0 radical (unpaired) electrons. The summed E-state index contributed by atoms with van der Waals surface area (Å²) in [6.07, 6.45) is 2.36. The van der Waals surface area contributed by atoms with Crippen LogP contribution in [-0.2, 0) is 19.1 Å². The number of benzene rings is 2. The van der Waals surface area contributed by atoms with Crippen molar-refractivity contribution >= 4 is 18.0 Å². The van der Waals surface area contributed by atoms with Gasteiger partial charge in [0.05, 0.1) is 12.6 Å². The summed E-state index contributed by atoms with van der Waals surface area (Å²) in [6, 6.07) is 15.5. The fraction of sp³-hybridized carbons (Fsp3) is 0.292. The zero-order valence-electron chi connectivity index (χ0n) is 17.4. The van der Waals surface area contributed by atoms with Crippen molar-refractivity contribution in [3.8, 4) is 11.1 Å². The summed E-state index contributed by atoms with van der Waals surface area (Å²) >= 11 is 0. The van der Waals surface area contributed by atoms with Crippen molar-refractivity contribution in [3.05, 3.63) is 71.8 Å². The van der Waals surface area contributed by atoms with Crippen LogP contribution in [0.2, 0.25) is 0 Å². The third-order valence-corrected chi connectivity index (χ3v) is 5.10. The molecule has 2 amide bonds. The molecule has 0 spiro atoms. The number of primary amides is 1. The number of carbonyl (C=O) groups is 3. The van der Waals surface area contributed by atoms with Gasteiger partial charge in [0.15, 0.2) is 0 Å². The molecular formula is C24H26N2O5. The highest BCUT2D eigenvalue weighted by Crippen LogP contribution is 2.44. The average molecular weight is 422 g/mol. The zero-order valence-corrected chi connectivity index (χ0v) is 17.4. The molecule has 0 aliphatic heterocycles. The number of carbonyl (C=O) groups excluding carboxylic acids is 3. The standard InChI is InChI=1S/C24H26N2O5/c1-2-30-23(28)14-12-16(11-13-22(25)27)26-24(29)31-15-21-19-9-5-3-7-17(19)18-8-4-6-10-20(18)21/h3-10,12,14,16,21H,2,11,13,15H2,1H3,(H2,25,27)(H,26,29)/b14-12+/t16-/m0/s1. The van der Waals surface area contributed by atoms with Crippen molar-refractivity contribution in [3.63, 3.8) is 0 Å². The molecule has 0 aromatic heterocycles. The Morgan fingerprint density at radius 1 is 1.03 bits per heavy atom. The van der Waals surface area contributed by atoms with E-state index in [1.165, 1.54) is 12.2 Å². The Morgan fingerprint density at radius 2 is 1.65 bits per heavy atom. The smallest absolute Gasteiger partial charge is 0.407 e. The summed E-state index contributed by atoms with van der Waals surface area (Å²) in [7, 11) is 0. The normalized spacial score (nSPS) is 13.3. The summed E-state index contributed by atoms with van der Waals surface area (Å²) in [5.41, 5.74) is 9.72. The van der Waals surface area contributed by atoms with Gasteiger partial charge in [0, 0.05) is 18.4 Å². The molecule has 1 aliphatic carbocycles. The third-order valence-electron chi connectivity index (χ3n) is 5.10. The Balaban J connectivity index is 1.64. The monoisotopic (exact) mass is 422 g/mol. The van der Waals surface area contributed by atoms with E-state index in [0.29, 0.717) is 0 Å². The van der Waals surface area contributed by atoms with E-state index in [1.807, 2.05) is 36.4 Å². The van der Waals surface area contributed by atoms with E-state index in [-0.39, 0.29) is 32.0 Å². The van der Waals surface area contributed by atoms with Gasteiger partial charge >= 0.3 is 12.1 Å². The predicted octanol–water partition coefficient (Wildman–Crippen LogP) is 3.28. The second-order valence-electron chi connectivity index (χ2n) is 7.19. The molecule has 0 saturated heterocycles. The molecule has 0 fully saturated rings. The Bertz CT molecular complexity index is 940. The molecule has 1 aliphatic rings. The van der Waals surface area contributed by atoms with Crippen molar-refractivity contribution < 1.29 is 23.9 Å². The van der Waals surface area contributed by atoms with Gasteiger partial charge in [0.1, 0.15) is 6.61 Å². The fourth-order valence-electron chi connectivity index (χ4n) is 3.69. The lowest BCUT2D eigenvalue weighted by Crippen LogP contribution is -2.35. The van der Waals surface area contributed by atoms with Crippen LogP contribution in [0.3, 0.4) is 0 Å². The van der Waals surface area contributed by atoms with Gasteiger partial charge in [-0.3, -0.25) is 4.79 Å². The van der Waals surface area contributed by atoms with Crippen molar-refractivity contribution in [2.75, 3.05) is 13.2 Å². The van der Waals surface area contributed by atoms with Crippen LogP contribution in [0.15, 0.2) is 60.7 Å². The molecule has 0 saturated carbocycles. The van der Waals surface area contributed by atoms with Gasteiger partial charge in [-0.1, -0.05) is 54.6 Å². The summed E-state index contributed by atoms with van der Waals surface area (Å²) in [6.45, 7) is 2.12. The van der Waals surface area contributed by atoms with Crippen LogP contribution in [0.4, 0.5) is 4.79 Å². The average Bonchev–Trinajstić information content (AvgIpc) is 3.08. The Hall–Kier alpha value is -3.61. The third kappa shape index (κ3) is 5.72. The zero-order chi connectivity index (χ0) is 22.2. The van der Waals surface area contributed by atoms with Crippen LogP contribution < -0.4 is 11.1 Å². The fourth-order valence-corrected chi connectivity index (χ4v) is 3.69. The van der Waals surface area contributed by atoms with E-state index < -0.39 is 24.0 Å². The van der Waals surface area contributed by atoms with Crippen LogP contribution in [-0.4, -0.2) is 37.2 Å². The number of nitrogens with one attached hydrogen (secondary N) is 1. The summed E-state index contributed by atoms with van der Waals surface area (Å²) in [5.74, 6) is -1.08. The van der Waals surface area contributed by atoms with Crippen molar-refractivity contribution in [1.82, 2.24) is 5.32 Å². The van der Waals surface area contributed by atoms with Crippen molar-refractivity contribution in [1.29, 1.82) is 0 Å². The van der Waals surface area contributed by atoms with E-state index in [4.69, 9.17) is 15.2 Å². The molecule has 0 bridgehead atoms. The van der Waals surface area contributed by atoms with Crippen LogP contribution in [0.5, 0.6) is 0 Å². The number of hydrogen-bond acceptors (Lipinski definition) is 5. The molecule has 0 heterocycles. The van der Waals surface area contributed by atoms with Gasteiger partial charge < -0.3 is 20.5 Å². The number of amides is 2. The number of alkyl carbamates (subject to hydrolysis) is 1. The van der Waals surface area contributed by atoms with Gasteiger partial charge in [0.25, 0.3) is 0 Å². The largest absolute Gasteiger partial charge is 0.463 e. The molecule has 1 atom stereocenters. The summed E-state index contributed by atoms with van der Waals surface area (Å²) in [5, 5.41) is 2.68. The summed E-state index contributed by atoms with van der Waals surface area (Å²) in [4.78, 5) is 35.1. The molecule has 2 aromatic rings. The first-order valence-electron chi connectivity index (χ1n) is 10.2. The van der Waals surface area contributed by atoms with Crippen LogP contribution in [0, 0.1) is 0 Å². The number of fused-ring (bicyclic) bond motifs is 3. The predicted molar refractivity (Wildman–Crippen MR) is 116 cm³/mol. The number of hydrogen-bond donors (Lipinski definition) is 2. The minimum absolute atomic E-state index is 0.0570. The maximum Gasteiger partial charge on any atom is 0.407 e. The van der Waals surface area contributed by atoms with Crippen LogP contribution in [0.1, 0.15) is 36.8 Å². The molecule has 3 rings (SSSR count). The van der Waals surface area contributed by atoms with Gasteiger partial charge in [-0.05, 0) is 35.6 Å². The highest BCUT2D eigenvalue weighted by Gasteiger charge is 2.29. The van der Waals surface area contributed by atoms with E-state index in [0.717, 1.165) is 22.3 Å². The lowest BCUT2D eigenvalue weighted by Gasteiger charge is -2.17. The van der Waals surface area contributed by atoms with E-state index in [9.17, 15) is 14.4 Å². The van der Waals surface area contributed by atoms with Crippen molar-refractivity contribution in [2.45, 2.75) is 31.7 Å². The van der Waals surface area contributed by atoms with Gasteiger partial charge in [-0.25, -0.2) is 9.59 Å². The second-order valence-corrected chi connectivity index (χ2v) is 7.19. The molecule has 7 heteroatoms. The molecule has 3 N–H and O–H groups in total. The first kappa shape index (κ1) is 22.1. The Morgan fingerprint density at radius 3 is 2.23 bits per heavy atom.